The molecule has 1 amide bonds. The highest BCUT2D eigenvalue weighted by molar-refractivity contribution is 5.82. The van der Waals surface area contributed by atoms with E-state index in [-0.39, 0.29) is 12.3 Å². The fourth-order valence-corrected chi connectivity index (χ4v) is 2.87. The fraction of sp³-hybridized carbons (Fsp3) is 0.467. The SMILES string of the molecule is COc1cccc(C2C(C(=O)O)CCC(=O)N2C)c1OC. The van der Waals surface area contributed by atoms with Crippen molar-refractivity contribution in [3.8, 4) is 11.5 Å². The number of benzene rings is 1. The molecule has 0 aliphatic carbocycles. The van der Waals surface area contributed by atoms with Crippen LogP contribution in [0.1, 0.15) is 24.4 Å². The second-order valence-electron chi connectivity index (χ2n) is 5.02. The Labute approximate surface area is 123 Å². The molecular formula is C15H19NO5. The molecule has 1 aliphatic heterocycles. The number of amides is 1. The van der Waals surface area contributed by atoms with Gasteiger partial charge in [-0.15, -0.1) is 0 Å². The maximum absolute atomic E-state index is 12.0. The van der Waals surface area contributed by atoms with E-state index >= 15 is 0 Å². The number of carboxylic acid groups (broad SMARTS) is 1. The fourth-order valence-electron chi connectivity index (χ4n) is 2.87. The average Bonchev–Trinajstić information content (AvgIpc) is 2.48. The Kier molecular flexibility index (Phi) is 4.35. The number of rotatable bonds is 4. The molecule has 2 unspecified atom stereocenters. The van der Waals surface area contributed by atoms with Gasteiger partial charge in [0.05, 0.1) is 26.2 Å². The van der Waals surface area contributed by atoms with Gasteiger partial charge in [-0.05, 0) is 12.5 Å². The van der Waals surface area contributed by atoms with Gasteiger partial charge in [0.1, 0.15) is 0 Å². The summed E-state index contributed by atoms with van der Waals surface area (Å²) in [5.74, 6) is -0.649. The summed E-state index contributed by atoms with van der Waals surface area (Å²) >= 11 is 0. The van der Waals surface area contributed by atoms with Crippen LogP contribution in [0.4, 0.5) is 0 Å². The second-order valence-corrected chi connectivity index (χ2v) is 5.02. The van der Waals surface area contributed by atoms with E-state index in [2.05, 4.69) is 0 Å². The number of carbonyl (C=O) groups is 2. The summed E-state index contributed by atoms with van der Waals surface area (Å²) < 4.78 is 10.6. The standard InChI is InChI=1S/C15H19NO5/c1-16-12(17)8-7-10(15(18)19)13(16)9-5-4-6-11(20-2)14(9)21-3/h4-6,10,13H,7-8H2,1-3H3,(H,18,19). The van der Waals surface area contributed by atoms with Gasteiger partial charge in [0.2, 0.25) is 5.91 Å². The molecule has 2 rings (SSSR count). The van der Waals surface area contributed by atoms with Crippen molar-refractivity contribution in [1.82, 2.24) is 4.90 Å². The van der Waals surface area contributed by atoms with Gasteiger partial charge in [-0.1, -0.05) is 12.1 Å². The monoisotopic (exact) mass is 293 g/mol. The number of likely N-dealkylation sites (tertiary alicyclic amines) is 1. The van der Waals surface area contributed by atoms with Crippen molar-refractivity contribution in [2.45, 2.75) is 18.9 Å². The summed E-state index contributed by atoms with van der Waals surface area (Å²) in [5.41, 5.74) is 0.653. The van der Waals surface area contributed by atoms with E-state index in [0.717, 1.165) is 0 Å². The number of methoxy groups -OCH3 is 2. The molecule has 1 N–H and O–H groups in total. The molecule has 1 saturated heterocycles. The lowest BCUT2D eigenvalue weighted by molar-refractivity contribution is -0.150. The average molecular weight is 293 g/mol. The largest absolute Gasteiger partial charge is 0.493 e. The van der Waals surface area contributed by atoms with E-state index in [1.807, 2.05) is 0 Å². The summed E-state index contributed by atoms with van der Waals surface area (Å²) in [6.07, 6.45) is 0.569. The molecule has 0 aromatic heterocycles. The topological polar surface area (TPSA) is 76.1 Å². The molecule has 0 saturated carbocycles. The second kappa shape index (κ2) is 6.03. The van der Waals surface area contributed by atoms with Gasteiger partial charge in [-0.2, -0.15) is 0 Å². The Balaban J connectivity index is 2.54. The van der Waals surface area contributed by atoms with Crippen LogP contribution in [0.2, 0.25) is 0 Å². The van der Waals surface area contributed by atoms with E-state index in [9.17, 15) is 14.7 Å². The molecular weight excluding hydrogens is 274 g/mol. The number of hydrogen-bond donors (Lipinski definition) is 1. The van der Waals surface area contributed by atoms with Crippen molar-refractivity contribution in [3.63, 3.8) is 0 Å². The third kappa shape index (κ3) is 2.66. The van der Waals surface area contributed by atoms with Crippen molar-refractivity contribution >= 4 is 11.9 Å². The molecule has 6 heteroatoms. The van der Waals surface area contributed by atoms with E-state index < -0.39 is 17.9 Å². The van der Waals surface area contributed by atoms with Crippen LogP contribution in [0, 0.1) is 5.92 Å². The van der Waals surface area contributed by atoms with Gasteiger partial charge in [0.25, 0.3) is 0 Å². The molecule has 1 aromatic carbocycles. The van der Waals surface area contributed by atoms with Gasteiger partial charge in [-0.3, -0.25) is 9.59 Å². The van der Waals surface area contributed by atoms with Gasteiger partial charge in [0, 0.05) is 19.0 Å². The van der Waals surface area contributed by atoms with Crippen LogP contribution in [0.3, 0.4) is 0 Å². The Morgan fingerprint density at radius 2 is 2.05 bits per heavy atom. The van der Waals surface area contributed by atoms with Crippen LogP contribution in [-0.4, -0.2) is 43.2 Å². The maximum Gasteiger partial charge on any atom is 0.308 e. The lowest BCUT2D eigenvalue weighted by Crippen LogP contribution is -2.43. The van der Waals surface area contributed by atoms with Crippen molar-refractivity contribution in [3.05, 3.63) is 23.8 Å². The molecule has 0 bridgehead atoms. The Morgan fingerprint density at radius 3 is 2.62 bits per heavy atom. The number of carboxylic acids is 1. The van der Waals surface area contributed by atoms with Crippen LogP contribution in [-0.2, 0) is 9.59 Å². The van der Waals surface area contributed by atoms with E-state index in [1.54, 1.807) is 25.2 Å². The van der Waals surface area contributed by atoms with Gasteiger partial charge < -0.3 is 19.5 Å². The Hall–Kier alpha value is -2.24. The number of piperidine rings is 1. The Bertz CT molecular complexity index is 557. The number of ether oxygens (including phenoxy) is 2. The molecule has 114 valence electrons. The van der Waals surface area contributed by atoms with Crippen molar-refractivity contribution in [2.75, 3.05) is 21.3 Å². The zero-order chi connectivity index (χ0) is 15.6. The maximum atomic E-state index is 12.0. The number of hydrogen-bond acceptors (Lipinski definition) is 4. The predicted octanol–water partition coefficient (Wildman–Crippen LogP) is 1.70. The van der Waals surface area contributed by atoms with Gasteiger partial charge in [0.15, 0.2) is 11.5 Å². The zero-order valence-corrected chi connectivity index (χ0v) is 12.3. The molecule has 1 fully saturated rings. The molecule has 1 heterocycles. The molecule has 21 heavy (non-hydrogen) atoms. The first-order chi connectivity index (χ1) is 10.0. The van der Waals surface area contributed by atoms with Gasteiger partial charge in [-0.25, -0.2) is 0 Å². The zero-order valence-electron chi connectivity index (χ0n) is 12.3. The highest BCUT2D eigenvalue weighted by Crippen LogP contribution is 2.43. The third-order valence-electron chi connectivity index (χ3n) is 3.93. The summed E-state index contributed by atoms with van der Waals surface area (Å²) in [5, 5.41) is 9.45. The number of aliphatic carboxylic acids is 1. The van der Waals surface area contributed by atoms with Crippen LogP contribution in [0.5, 0.6) is 11.5 Å². The normalized spacial score (nSPS) is 22.0. The highest BCUT2D eigenvalue weighted by atomic mass is 16.5. The highest BCUT2D eigenvalue weighted by Gasteiger charge is 2.40. The minimum atomic E-state index is -0.913. The molecule has 0 spiro atoms. The summed E-state index contributed by atoms with van der Waals surface area (Å²) in [4.78, 5) is 25.0. The molecule has 1 aromatic rings. The number of nitrogens with zero attached hydrogens (tertiary/aromatic N) is 1. The lowest BCUT2D eigenvalue weighted by Gasteiger charge is -2.38. The molecule has 0 radical (unpaired) electrons. The minimum absolute atomic E-state index is 0.0672. The smallest absolute Gasteiger partial charge is 0.308 e. The third-order valence-corrected chi connectivity index (χ3v) is 3.93. The molecule has 2 atom stereocenters. The predicted molar refractivity (Wildman–Crippen MR) is 75.4 cm³/mol. The van der Waals surface area contributed by atoms with E-state index in [0.29, 0.717) is 23.5 Å². The van der Waals surface area contributed by atoms with Crippen LogP contribution < -0.4 is 9.47 Å². The van der Waals surface area contributed by atoms with Crippen molar-refractivity contribution in [2.24, 2.45) is 5.92 Å². The number of carbonyl (C=O) groups excluding carboxylic acids is 1. The summed E-state index contributed by atoms with van der Waals surface area (Å²) in [7, 11) is 4.65. The Morgan fingerprint density at radius 1 is 1.33 bits per heavy atom. The summed E-state index contributed by atoms with van der Waals surface area (Å²) in [6, 6.07) is 4.72. The van der Waals surface area contributed by atoms with Crippen LogP contribution in [0.25, 0.3) is 0 Å². The minimum Gasteiger partial charge on any atom is -0.493 e. The first-order valence-corrected chi connectivity index (χ1v) is 6.70. The quantitative estimate of drug-likeness (QED) is 0.914. The van der Waals surface area contributed by atoms with Crippen molar-refractivity contribution < 1.29 is 24.2 Å². The first kappa shape index (κ1) is 15.2. The van der Waals surface area contributed by atoms with Gasteiger partial charge >= 0.3 is 5.97 Å². The lowest BCUT2D eigenvalue weighted by atomic mass is 9.84. The van der Waals surface area contributed by atoms with E-state index in [4.69, 9.17) is 9.47 Å². The molecule has 6 nitrogen and oxygen atoms in total. The van der Waals surface area contributed by atoms with Crippen LogP contribution in [0.15, 0.2) is 18.2 Å². The van der Waals surface area contributed by atoms with Crippen molar-refractivity contribution in [1.29, 1.82) is 0 Å². The number of para-hydroxylation sites is 1. The first-order valence-electron chi connectivity index (χ1n) is 6.70. The van der Waals surface area contributed by atoms with E-state index in [1.165, 1.54) is 19.1 Å². The summed E-state index contributed by atoms with van der Waals surface area (Å²) in [6.45, 7) is 0. The molecule has 1 aliphatic rings. The van der Waals surface area contributed by atoms with Crippen LogP contribution >= 0.6 is 0 Å².